The van der Waals surface area contributed by atoms with Crippen LogP contribution in [0.4, 0.5) is 4.39 Å². The zero-order chi connectivity index (χ0) is 13.1. The summed E-state index contributed by atoms with van der Waals surface area (Å²) in [5, 5.41) is 0.0687. The van der Waals surface area contributed by atoms with Gasteiger partial charge in [-0.3, -0.25) is 0 Å². The highest BCUT2D eigenvalue weighted by Gasteiger charge is 2.05. The van der Waals surface area contributed by atoms with Gasteiger partial charge in [0.05, 0.1) is 5.02 Å². The van der Waals surface area contributed by atoms with Crippen LogP contribution in [0.25, 0.3) is 0 Å². The van der Waals surface area contributed by atoms with Crippen molar-refractivity contribution in [1.82, 2.24) is 0 Å². The van der Waals surface area contributed by atoms with Crippen molar-refractivity contribution in [3.05, 3.63) is 57.3 Å². The Kier molecular flexibility index (Phi) is 4.22. The number of halogens is 3. The molecule has 2 N–H and O–H groups in total. The molecular weight excluding hydrogens is 321 g/mol. The van der Waals surface area contributed by atoms with Crippen molar-refractivity contribution < 1.29 is 9.13 Å². The Morgan fingerprint density at radius 1 is 1.17 bits per heavy atom. The van der Waals surface area contributed by atoms with Crippen LogP contribution in [0.5, 0.6) is 11.5 Å². The lowest BCUT2D eigenvalue weighted by Crippen LogP contribution is -1.96. The van der Waals surface area contributed by atoms with Gasteiger partial charge in [0.25, 0.3) is 0 Å². The maximum Gasteiger partial charge on any atom is 0.145 e. The fourth-order valence-electron chi connectivity index (χ4n) is 1.47. The fraction of sp³-hybridized carbons (Fsp3) is 0.0769. The number of nitrogens with two attached hydrogens (primary N) is 1. The minimum atomic E-state index is -0.511. The second-order valence-electron chi connectivity index (χ2n) is 3.68. The van der Waals surface area contributed by atoms with Crippen molar-refractivity contribution in [2.75, 3.05) is 0 Å². The molecule has 0 saturated carbocycles. The minimum Gasteiger partial charge on any atom is -0.457 e. The lowest BCUT2D eigenvalue weighted by Gasteiger charge is -2.08. The Labute approximate surface area is 118 Å². The van der Waals surface area contributed by atoms with Crippen LogP contribution in [-0.4, -0.2) is 0 Å². The van der Waals surface area contributed by atoms with Crippen molar-refractivity contribution in [1.29, 1.82) is 0 Å². The smallest absolute Gasteiger partial charge is 0.145 e. The van der Waals surface area contributed by atoms with E-state index in [1.54, 1.807) is 18.2 Å². The topological polar surface area (TPSA) is 35.2 Å². The van der Waals surface area contributed by atoms with Gasteiger partial charge < -0.3 is 10.5 Å². The van der Waals surface area contributed by atoms with Gasteiger partial charge in [0.15, 0.2) is 0 Å². The molecule has 0 aliphatic rings. The molecule has 0 aliphatic heterocycles. The highest BCUT2D eigenvalue weighted by molar-refractivity contribution is 9.10. The molecule has 5 heteroatoms. The van der Waals surface area contributed by atoms with Crippen LogP contribution in [-0.2, 0) is 6.54 Å². The molecule has 0 heterocycles. The van der Waals surface area contributed by atoms with E-state index in [0.717, 1.165) is 10.0 Å². The summed E-state index contributed by atoms with van der Waals surface area (Å²) in [5.41, 5.74) is 6.50. The molecule has 0 atom stereocenters. The Bertz CT molecular complexity index is 577. The molecule has 2 rings (SSSR count). The van der Waals surface area contributed by atoms with E-state index >= 15 is 0 Å². The Balaban J connectivity index is 2.27. The van der Waals surface area contributed by atoms with Gasteiger partial charge in [0.1, 0.15) is 17.3 Å². The molecule has 0 radical (unpaired) electrons. The Morgan fingerprint density at radius 3 is 2.61 bits per heavy atom. The maximum atomic E-state index is 13.3. The van der Waals surface area contributed by atoms with Gasteiger partial charge in [-0.1, -0.05) is 27.5 Å². The molecule has 0 aliphatic carbocycles. The monoisotopic (exact) mass is 329 g/mol. The molecule has 0 bridgehead atoms. The molecule has 0 unspecified atom stereocenters. The van der Waals surface area contributed by atoms with Crippen LogP contribution in [0.3, 0.4) is 0 Å². The van der Waals surface area contributed by atoms with Crippen molar-refractivity contribution in [3.63, 3.8) is 0 Å². The number of ether oxygens (including phenoxy) is 1. The summed E-state index contributed by atoms with van der Waals surface area (Å²) in [4.78, 5) is 0. The number of hydrogen-bond donors (Lipinski definition) is 1. The molecule has 0 saturated heterocycles. The summed E-state index contributed by atoms with van der Waals surface area (Å²) in [5.74, 6) is 0.465. The number of benzene rings is 2. The average molecular weight is 331 g/mol. The third kappa shape index (κ3) is 3.22. The number of rotatable bonds is 3. The van der Waals surface area contributed by atoms with E-state index in [-0.39, 0.29) is 5.02 Å². The van der Waals surface area contributed by atoms with Crippen molar-refractivity contribution in [2.24, 2.45) is 5.73 Å². The zero-order valence-corrected chi connectivity index (χ0v) is 11.6. The Morgan fingerprint density at radius 2 is 1.94 bits per heavy atom. The van der Waals surface area contributed by atoms with Gasteiger partial charge in [-0.05, 0) is 35.9 Å². The summed E-state index contributed by atoms with van der Waals surface area (Å²) in [6, 6.07) is 9.78. The van der Waals surface area contributed by atoms with Crippen LogP contribution in [0, 0.1) is 5.82 Å². The first kappa shape index (κ1) is 13.3. The van der Waals surface area contributed by atoms with E-state index < -0.39 is 5.82 Å². The molecule has 2 nitrogen and oxygen atoms in total. The van der Waals surface area contributed by atoms with E-state index in [2.05, 4.69) is 15.9 Å². The predicted octanol–water partition coefficient (Wildman–Crippen LogP) is 4.49. The van der Waals surface area contributed by atoms with Crippen LogP contribution in [0.2, 0.25) is 5.02 Å². The molecule has 0 fully saturated rings. The molecule has 0 aromatic heterocycles. The lowest BCUT2D eigenvalue weighted by atomic mass is 10.2. The van der Waals surface area contributed by atoms with Crippen LogP contribution in [0.1, 0.15) is 5.56 Å². The fourth-order valence-corrected chi connectivity index (χ4v) is 2.11. The summed E-state index contributed by atoms with van der Waals surface area (Å²) in [7, 11) is 0. The second-order valence-corrected chi connectivity index (χ2v) is 5.00. The zero-order valence-electron chi connectivity index (χ0n) is 9.29. The summed E-state index contributed by atoms with van der Waals surface area (Å²) in [6.45, 7) is 0.408. The van der Waals surface area contributed by atoms with E-state index in [1.807, 2.05) is 6.07 Å². The SMILES string of the molecule is NCc1cc(Br)cc(Oc2ccc(Cl)c(F)c2)c1. The maximum absolute atomic E-state index is 13.3. The average Bonchev–Trinajstić information content (AvgIpc) is 2.33. The molecule has 94 valence electrons. The first-order chi connectivity index (χ1) is 8.58. The summed E-state index contributed by atoms with van der Waals surface area (Å²) >= 11 is 8.96. The normalized spacial score (nSPS) is 10.4. The third-order valence-electron chi connectivity index (χ3n) is 2.29. The van der Waals surface area contributed by atoms with Gasteiger partial charge in [-0.15, -0.1) is 0 Å². The molecule has 2 aromatic carbocycles. The highest BCUT2D eigenvalue weighted by Crippen LogP contribution is 2.28. The van der Waals surface area contributed by atoms with Crippen LogP contribution in [0.15, 0.2) is 40.9 Å². The lowest BCUT2D eigenvalue weighted by molar-refractivity contribution is 0.476. The third-order valence-corrected chi connectivity index (χ3v) is 3.06. The highest BCUT2D eigenvalue weighted by atomic mass is 79.9. The first-order valence-corrected chi connectivity index (χ1v) is 6.38. The van der Waals surface area contributed by atoms with Crippen molar-refractivity contribution in [3.8, 4) is 11.5 Å². The number of hydrogen-bond acceptors (Lipinski definition) is 2. The molecular formula is C13H10BrClFNO. The molecule has 0 amide bonds. The van der Waals surface area contributed by atoms with E-state index in [4.69, 9.17) is 22.1 Å². The van der Waals surface area contributed by atoms with Gasteiger partial charge >= 0.3 is 0 Å². The van der Waals surface area contributed by atoms with Gasteiger partial charge in [0.2, 0.25) is 0 Å². The van der Waals surface area contributed by atoms with Crippen molar-refractivity contribution in [2.45, 2.75) is 6.54 Å². The van der Waals surface area contributed by atoms with Crippen LogP contribution < -0.4 is 10.5 Å². The Hall–Kier alpha value is -1.10. The molecule has 0 spiro atoms. The van der Waals surface area contributed by atoms with E-state index in [9.17, 15) is 4.39 Å². The quantitative estimate of drug-likeness (QED) is 0.899. The summed E-state index contributed by atoms with van der Waals surface area (Å²) in [6.07, 6.45) is 0. The van der Waals surface area contributed by atoms with E-state index in [1.165, 1.54) is 12.1 Å². The molecule has 18 heavy (non-hydrogen) atoms. The van der Waals surface area contributed by atoms with Gasteiger partial charge in [0, 0.05) is 17.1 Å². The largest absolute Gasteiger partial charge is 0.457 e. The van der Waals surface area contributed by atoms with Crippen LogP contribution >= 0.6 is 27.5 Å². The summed E-state index contributed by atoms with van der Waals surface area (Å²) < 4.78 is 19.7. The van der Waals surface area contributed by atoms with Gasteiger partial charge in [-0.25, -0.2) is 4.39 Å². The first-order valence-electron chi connectivity index (χ1n) is 5.21. The predicted molar refractivity (Wildman–Crippen MR) is 73.5 cm³/mol. The van der Waals surface area contributed by atoms with Crippen molar-refractivity contribution >= 4 is 27.5 Å². The van der Waals surface area contributed by atoms with Gasteiger partial charge in [-0.2, -0.15) is 0 Å². The standard InChI is InChI=1S/C13H10BrClFNO/c14-9-3-8(7-17)4-11(5-9)18-10-1-2-12(15)13(16)6-10/h1-6H,7,17H2. The van der Waals surface area contributed by atoms with E-state index in [0.29, 0.717) is 18.0 Å². The molecule has 2 aromatic rings. The second kappa shape index (κ2) is 5.69. The minimum absolute atomic E-state index is 0.0687.